The molecule has 0 unspecified atom stereocenters. The first kappa shape index (κ1) is 19.0. The SMILES string of the molecule is COC(=O)c1cc([N+](=O)[O-])cn(Cc2coc(-c3ccc(C)cc3C)n2)c1=O. The van der Waals surface area contributed by atoms with E-state index in [4.69, 9.17) is 4.42 Å². The normalized spacial score (nSPS) is 10.7. The van der Waals surface area contributed by atoms with Gasteiger partial charge in [0, 0.05) is 11.6 Å². The van der Waals surface area contributed by atoms with Gasteiger partial charge < -0.3 is 13.7 Å². The van der Waals surface area contributed by atoms with Crippen LogP contribution in [0.25, 0.3) is 11.5 Å². The van der Waals surface area contributed by atoms with Gasteiger partial charge in [-0.1, -0.05) is 17.7 Å². The summed E-state index contributed by atoms with van der Waals surface area (Å²) in [7, 11) is 1.10. The molecule has 9 heteroatoms. The lowest BCUT2D eigenvalue weighted by molar-refractivity contribution is -0.385. The summed E-state index contributed by atoms with van der Waals surface area (Å²) >= 11 is 0. The molecule has 0 amide bonds. The van der Waals surface area contributed by atoms with Gasteiger partial charge in [-0.05, 0) is 25.5 Å². The summed E-state index contributed by atoms with van der Waals surface area (Å²) in [6, 6.07) is 6.70. The molecule has 0 spiro atoms. The zero-order valence-corrected chi connectivity index (χ0v) is 15.5. The lowest BCUT2D eigenvalue weighted by atomic mass is 10.1. The lowest BCUT2D eigenvalue weighted by Crippen LogP contribution is -2.27. The number of benzene rings is 1. The van der Waals surface area contributed by atoms with Crippen LogP contribution in [0.3, 0.4) is 0 Å². The third-order valence-electron chi connectivity index (χ3n) is 4.18. The van der Waals surface area contributed by atoms with Gasteiger partial charge in [0.05, 0.1) is 30.5 Å². The number of hydrogen-bond donors (Lipinski definition) is 0. The lowest BCUT2D eigenvalue weighted by Gasteiger charge is -2.06. The number of rotatable bonds is 5. The molecule has 3 rings (SSSR count). The van der Waals surface area contributed by atoms with E-state index in [1.807, 2.05) is 32.0 Å². The number of methoxy groups -OCH3 is 1. The van der Waals surface area contributed by atoms with Gasteiger partial charge in [0.1, 0.15) is 11.8 Å². The molecule has 0 atom stereocenters. The van der Waals surface area contributed by atoms with Gasteiger partial charge in [-0.3, -0.25) is 14.9 Å². The maximum absolute atomic E-state index is 12.5. The minimum Gasteiger partial charge on any atom is -0.465 e. The first-order valence-electron chi connectivity index (χ1n) is 8.29. The predicted octanol–water partition coefficient (Wildman–Crippen LogP) is 2.86. The summed E-state index contributed by atoms with van der Waals surface area (Å²) < 4.78 is 11.1. The molecule has 2 heterocycles. The predicted molar refractivity (Wildman–Crippen MR) is 99.2 cm³/mol. The second-order valence-electron chi connectivity index (χ2n) is 6.26. The molecule has 0 bridgehead atoms. The van der Waals surface area contributed by atoms with Crippen LogP contribution in [0.5, 0.6) is 0 Å². The second-order valence-corrected chi connectivity index (χ2v) is 6.26. The van der Waals surface area contributed by atoms with Crippen molar-refractivity contribution >= 4 is 11.7 Å². The van der Waals surface area contributed by atoms with Gasteiger partial charge in [-0.2, -0.15) is 0 Å². The Balaban J connectivity index is 1.99. The molecule has 0 N–H and O–H groups in total. The van der Waals surface area contributed by atoms with Crippen molar-refractivity contribution in [1.29, 1.82) is 0 Å². The van der Waals surface area contributed by atoms with Crippen LogP contribution in [0.15, 0.2) is 45.9 Å². The Bertz CT molecular complexity index is 1130. The molecule has 0 aliphatic heterocycles. The minimum absolute atomic E-state index is 0.0983. The number of oxazole rings is 1. The molecule has 0 saturated heterocycles. The second kappa shape index (κ2) is 7.47. The Labute approximate surface area is 159 Å². The molecule has 28 heavy (non-hydrogen) atoms. The van der Waals surface area contributed by atoms with Crippen molar-refractivity contribution in [1.82, 2.24) is 9.55 Å². The number of carbonyl (C=O) groups excluding carboxylic acids is 1. The maximum Gasteiger partial charge on any atom is 0.343 e. The van der Waals surface area contributed by atoms with Gasteiger partial charge in [-0.25, -0.2) is 9.78 Å². The highest BCUT2D eigenvalue weighted by Crippen LogP contribution is 2.24. The van der Waals surface area contributed by atoms with Crippen molar-refractivity contribution < 1.29 is 18.9 Å². The summed E-state index contributed by atoms with van der Waals surface area (Å²) in [5.41, 5.74) is 1.73. The van der Waals surface area contributed by atoms with Crippen LogP contribution in [0.1, 0.15) is 27.2 Å². The molecule has 9 nitrogen and oxygen atoms in total. The zero-order valence-electron chi connectivity index (χ0n) is 15.5. The fourth-order valence-corrected chi connectivity index (χ4v) is 2.82. The third kappa shape index (κ3) is 3.68. The number of aryl methyl sites for hydroxylation is 2. The van der Waals surface area contributed by atoms with E-state index in [1.54, 1.807) is 0 Å². The number of nitro groups is 1. The van der Waals surface area contributed by atoms with Crippen LogP contribution >= 0.6 is 0 Å². The first-order chi connectivity index (χ1) is 13.3. The molecule has 2 aromatic heterocycles. The highest BCUT2D eigenvalue weighted by atomic mass is 16.6. The summed E-state index contributed by atoms with van der Waals surface area (Å²) in [6.07, 6.45) is 2.43. The Morgan fingerprint density at radius 2 is 2.07 bits per heavy atom. The van der Waals surface area contributed by atoms with Crippen LogP contribution in [0.4, 0.5) is 5.69 Å². The fraction of sp³-hybridized carbons (Fsp3) is 0.211. The summed E-state index contributed by atoms with van der Waals surface area (Å²) in [5, 5.41) is 11.1. The van der Waals surface area contributed by atoms with Gasteiger partial charge in [0.2, 0.25) is 5.89 Å². The number of pyridine rings is 1. The van der Waals surface area contributed by atoms with Crippen LogP contribution in [-0.2, 0) is 11.3 Å². The zero-order chi connectivity index (χ0) is 20.4. The molecule has 0 fully saturated rings. The van der Waals surface area contributed by atoms with E-state index in [2.05, 4.69) is 9.72 Å². The van der Waals surface area contributed by atoms with E-state index in [1.165, 1.54) is 6.26 Å². The maximum atomic E-state index is 12.5. The first-order valence-corrected chi connectivity index (χ1v) is 8.29. The van der Waals surface area contributed by atoms with Crippen LogP contribution in [0.2, 0.25) is 0 Å². The molecule has 0 saturated carbocycles. The molecule has 0 aliphatic carbocycles. The van der Waals surface area contributed by atoms with E-state index in [0.717, 1.165) is 40.6 Å². The van der Waals surface area contributed by atoms with Crippen LogP contribution < -0.4 is 5.56 Å². The Hall–Kier alpha value is -3.75. The quantitative estimate of drug-likeness (QED) is 0.378. The van der Waals surface area contributed by atoms with Crippen molar-refractivity contribution in [2.24, 2.45) is 0 Å². The van der Waals surface area contributed by atoms with Crippen molar-refractivity contribution in [3.05, 3.63) is 79.6 Å². The molecular weight excluding hydrogens is 366 g/mol. The molecule has 1 aromatic carbocycles. The number of hydrogen-bond acceptors (Lipinski definition) is 7. The smallest absolute Gasteiger partial charge is 0.343 e. The Morgan fingerprint density at radius 3 is 2.71 bits per heavy atom. The number of nitrogens with zero attached hydrogens (tertiary/aromatic N) is 3. The van der Waals surface area contributed by atoms with E-state index in [0.29, 0.717) is 11.6 Å². The molecule has 3 aromatic rings. The largest absolute Gasteiger partial charge is 0.465 e. The topological polar surface area (TPSA) is 117 Å². The number of aromatic nitrogens is 2. The average Bonchev–Trinajstić information content (AvgIpc) is 3.10. The van der Waals surface area contributed by atoms with Crippen molar-refractivity contribution in [3.8, 4) is 11.5 Å². The van der Waals surface area contributed by atoms with Gasteiger partial charge in [0.15, 0.2) is 0 Å². The van der Waals surface area contributed by atoms with Crippen LogP contribution in [-0.4, -0.2) is 27.6 Å². The van der Waals surface area contributed by atoms with E-state index < -0.39 is 27.7 Å². The Morgan fingerprint density at radius 1 is 1.32 bits per heavy atom. The fourth-order valence-electron chi connectivity index (χ4n) is 2.82. The van der Waals surface area contributed by atoms with Crippen molar-refractivity contribution in [2.45, 2.75) is 20.4 Å². The highest BCUT2D eigenvalue weighted by Gasteiger charge is 2.20. The third-order valence-corrected chi connectivity index (χ3v) is 4.18. The molecule has 0 aliphatic rings. The summed E-state index contributed by atoms with van der Waals surface area (Å²) in [5.74, 6) is -0.572. The molecule has 144 valence electrons. The number of carbonyl (C=O) groups is 1. The van der Waals surface area contributed by atoms with Gasteiger partial charge in [-0.15, -0.1) is 0 Å². The number of ether oxygens (including phenoxy) is 1. The number of esters is 1. The van der Waals surface area contributed by atoms with E-state index in [9.17, 15) is 19.7 Å². The molecule has 0 radical (unpaired) electrons. The molecular formula is C19H17N3O6. The summed E-state index contributed by atoms with van der Waals surface area (Å²) in [6.45, 7) is 3.81. The van der Waals surface area contributed by atoms with Crippen molar-refractivity contribution in [2.75, 3.05) is 7.11 Å². The van der Waals surface area contributed by atoms with E-state index >= 15 is 0 Å². The van der Waals surface area contributed by atoms with Gasteiger partial charge >= 0.3 is 5.97 Å². The highest BCUT2D eigenvalue weighted by molar-refractivity contribution is 5.89. The minimum atomic E-state index is -0.946. The van der Waals surface area contributed by atoms with Crippen LogP contribution in [0, 0.1) is 24.0 Å². The average molecular weight is 383 g/mol. The van der Waals surface area contributed by atoms with Gasteiger partial charge in [0.25, 0.3) is 11.2 Å². The van der Waals surface area contributed by atoms with E-state index in [-0.39, 0.29) is 6.54 Å². The standard InChI is InChI=1S/C19H17N3O6/c1-11-4-5-15(12(2)6-11)17-20-13(10-28-17)8-21-9-14(22(25)26)7-16(18(21)23)19(24)27-3/h4-7,9-10H,8H2,1-3H3. The monoisotopic (exact) mass is 383 g/mol. The Kier molecular flexibility index (Phi) is 5.08. The van der Waals surface area contributed by atoms with Crippen molar-refractivity contribution in [3.63, 3.8) is 0 Å². The summed E-state index contributed by atoms with van der Waals surface area (Å²) in [4.78, 5) is 39.1.